The van der Waals surface area contributed by atoms with Crippen LogP contribution in [0.2, 0.25) is 5.02 Å². The number of halogens is 1. The van der Waals surface area contributed by atoms with Gasteiger partial charge in [0.05, 0.1) is 11.1 Å². The number of nitrogens with one attached hydrogen (secondary N) is 1. The fourth-order valence-corrected chi connectivity index (χ4v) is 4.37. The molecular weight excluding hydrogens is 336 g/mol. The second-order valence-corrected chi connectivity index (χ2v) is 7.63. The summed E-state index contributed by atoms with van der Waals surface area (Å²) in [6.45, 7) is 4.41. The zero-order valence-electron chi connectivity index (χ0n) is 15.0. The molecule has 1 aliphatic rings. The molecule has 0 spiro atoms. The molecule has 0 radical (unpaired) electrons. The average molecular weight is 363 g/mol. The number of hydrogen-bond donors (Lipinski definition) is 2. The Morgan fingerprint density at radius 1 is 1.36 bits per heavy atom. The van der Waals surface area contributed by atoms with Crippen LogP contribution in [0.15, 0.2) is 29.2 Å². The van der Waals surface area contributed by atoms with E-state index in [1.54, 1.807) is 12.3 Å². The molecule has 3 rings (SSSR count). The molecule has 0 saturated heterocycles. The molecule has 0 bridgehead atoms. The number of pyridine rings is 1. The van der Waals surface area contributed by atoms with Crippen LogP contribution >= 0.6 is 11.6 Å². The van der Waals surface area contributed by atoms with Crippen LogP contribution in [0.3, 0.4) is 0 Å². The van der Waals surface area contributed by atoms with Gasteiger partial charge in [-0.1, -0.05) is 25.4 Å². The lowest BCUT2D eigenvalue weighted by molar-refractivity contribution is 0.0569. The van der Waals surface area contributed by atoms with E-state index in [1.165, 1.54) is 0 Å². The highest BCUT2D eigenvalue weighted by molar-refractivity contribution is 6.32. The molecule has 1 atom stereocenters. The van der Waals surface area contributed by atoms with Crippen molar-refractivity contribution in [2.75, 3.05) is 0 Å². The van der Waals surface area contributed by atoms with Crippen LogP contribution < -0.4 is 16.0 Å². The fourth-order valence-electron chi connectivity index (χ4n) is 4.16. The van der Waals surface area contributed by atoms with Crippen molar-refractivity contribution in [1.29, 1.82) is 0 Å². The predicted octanol–water partition coefficient (Wildman–Crippen LogP) is 4.64. The highest BCUT2D eigenvalue weighted by Crippen LogP contribution is 2.43. The molecule has 4 nitrogen and oxygen atoms in total. The lowest BCUT2D eigenvalue weighted by atomic mass is 9.66. The maximum absolute atomic E-state index is 11.9. The minimum Gasteiger partial charge on any atom is -0.489 e. The SMILES string of the molecule is CC[C@H](N)[C@]1(CC)CC[C@@H](Oc2cc3cc[nH]c(=O)c3cc2Cl)CC1. The number of hydrogen-bond acceptors (Lipinski definition) is 3. The van der Waals surface area contributed by atoms with Gasteiger partial charge in [0.15, 0.2) is 0 Å². The lowest BCUT2D eigenvalue weighted by Crippen LogP contribution is -2.45. The maximum atomic E-state index is 11.9. The predicted molar refractivity (Wildman–Crippen MR) is 103 cm³/mol. The monoisotopic (exact) mass is 362 g/mol. The van der Waals surface area contributed by atoms with E-state index in [0.29, 0.717) is 16.2 Å². The number of fused-ring (bicyclic) bond motifs is 1. The average Bonchev–Trinajstić information content (AvgIpc) is 2.63. The quantitative estimate of drug-likeness (QED) is 0.814. The molecule has 1 saturated carbocycles. The van der Waals surface area contributed by atoms with Gasteiger partial charge in [0.2, 0.25) is 0 Å². The fraction of sp³-hybridized carbons (Fsp3) is 0.550. The van der Waals surface area contributed by atoms with Crippen LogP contribution in [-0.4, -0.2) is 17.1 Å². The van der Waals surface area contributed by atoms with Crippen LogP contribution in [-0.2, 0) is 0 Å². The van der Waals surface area contributed by atoms with Gasteiger partial charge in [0, 0.05) is 17.6 Å². The van der Waals surface area contributed by atoms with Crippen molar-refractivity contribution in [2.45, 2.75) is 64.5 Å². The van der Waals surface area contributed by atoms with E-state index in [9.17, 15) is 4.79 Å². The number of H-pyrrole nitrogens is 1. The molecule has 5 heteroatoms. The number of ether oxygens (including phenoxy) is 1. The molecule has 1 aliphatic carbocycles. The van der Waals surface area contributed by atoms with Gasteiger partial charge in [-0.2, -0.15) is 0 Å². The van der Waals surface area contributed by atoms with E-state index in [4.69, 9.17) is 22.1 Å². The van der Waals surface area contributed by atoms with Gasteiger partial charge in [-0.3, -0.25) is 4.79 Å². The number of aromatic amines is 1. The minimum atomic E-state index is -0.134. The minimum absolute atomic E-state index is 0.134. The van der Waals surface area contributed by atoms with Crippen molar-refractivity contribution in [3.05, 3.63) is 39.8 Å². The third kappa shape index (κ3) is 3.56. The summed E-state index contributed by atoms with van der Waals surface area (Å²) >= 11 is 6.35. The Kier molecular flexibility index (Phi) is 5.40. The van der Waals surface area contributed by atoms with Gasteiger partial charge in [-0.25, -0.2) is 0 Å². The van der Waals surface area contributed by atoms with Crippen LogP contribution in [0.5, 0.6) is 5.75 Å². The molecule has 3 N–H and O–H groups in total. The Bertz CT molecular complexity index is 794. The van der Waals surface area contributed by atoms with Gasteiger partial charge in [0.1, 0.15) is 5.75 Å². The number of nitrogens with two attached hydrogens (primary N) is 1. The van der Waals surface area contributed by atoms with Crippen LogP contribution in [0.1, 0.15) is 52.4 Å². The van der Waals surface area contributed by atoms with Crippen molar-refractivity contribution in [1.82, 2.24) is 4.98 Å². The molecule has 1 aromatic carbocycles. The van der Waals surface area contributed by atoms with Crippen LogP contribution in [0, 0.1) is 5.41 Å². The number of benzene rings is 1. The maximum Gasteiger partial charge on any atom is 0.255 e. The summed E-state index contributed by atoms with van der Waals surface area (Å²) in [6.07, 6.45) is 8.10. The largest absolute Gasteiger partial charge is 0.489 e. The van der Waals surface area contributed by atoms with Gasteiger partial charge in [-0.15, -0.1) is 0 Å². The first-order valence-corrected chi connectivity index (χ1v) is 9.60. The van der Waals surface area contributed by atoms with E-state index in [-0.39, 0.29) is 23.1 Å². The van der Waals surface area contributed by atoms with Crippen LogP contribution in [0.4, 0.5) is 0 Å². The highest BCUT2D eigenvalue weighted by Gasteiger charge is 2.38. The summed E-state index contributed by atoms with van der Waals surface area (Å²) in [4.78, 5) is 14.5. The topological polar surface area (TPSA) is 68.1 Å². The van der Waals surface area contributed by atoms with E-state index in [1.807, 2.05) is 12.1 Å². The molecule has 1 aromatic heterocycles. The standard InChI is InChI=1S/C20H27ClN2O2/c1-3-18(22)20(4-2)8-5-14(6-9-20)25-17-11-13-7-10-23-19(24)15(13)12-16(17)21/h7,10-12,14,18H,3-6,8-9,22H2,1-2H3,(H,23,24)/t14-,18-,20-/m0/s1. The number of rotatable bonds is 5. The third-order valence-electron chi connectivity index (χ3n) is 5.98. The van der Waals surface area contributed by atoms with Crippen molar-refractivity contribution in [2.24, 2.45) is 11.1 Å². The van der Waals surface area contributed by atoms with Crippen molar-refractivity contribution in [3.63, 3.8) is 0 Å². The van der Waals surface area contributed by atoms with Crippen molar-refractivity contribution < 1.29 is 4.74 Å². The Labute approximate surface area is 153 Å². The summed E-state index contributed by atoms with van der Waals surface area (Å²) < 4.78 is 6.20. The summed E-state index contributed by atoms with van der Waals surface area (Å²) in [7, 11) is 0. The summed E-state index contributed by atoms with van der Waals surface area (Å²) in [5.41, 5.74) is 6.51. The Morgan fingerprint density at radius 3 is 2.72 bits per heavy atom. The number of aromatic nitrogens is 1. The Hall–Kier alpha value is -1.52. The first-order valence-electron chi connectivity index (χ1n) is 9.22. The molecule has 0 unspecified atom stereocenters. The zero-order valence-corrected chi connectivity index (χ0v) is 15.7. The summed E-state index contributed by atoms with van der Waals surface area (Å²) in [6, 6.07) is 5.68. The first kappa shape index (κ1) is 18.3. The lowest BCUT2D eigenvalue weighted by Gasteiger charge is -2.43. The molecule has 25 heavy (non-hydrogen) atoms. The Balaban J connectivity index is 1.75. The van der Waals surface area contributed by atoms with Crippen LogP contribution in [0.25, 0.3) is 10.8 Å². The van der Waals surface area contributed by atoms with E-state index >= 15 is 0 Å². The molecule has 1 heterocycles. The first-order chi connectivity index (χ1) is 12.0. The summed E-state index contributed by atoms with van der Waals surface area (Å²) in [5, 5.41) is 1.92. The van der Waals surface area contributed by atoms with E-state index < -0.39 is 0 Å². The molecule has 0 aliphatic heterocycles. The van der Waals surface area contributed by atoms with Gasteiger partial charge >= 0.3 is 0 Å². The second kappa shape index (κ2) is 7.38. The summed E-state index contributed by atoms with van der Waals surface area (Å²) in [5.74, 6) is 0.661. The highest BCUT2D eigenvalue weighted by atomic mass is 35.5. The van der Waals surface area contributed by atoms with Gasteiger partial charge in [-0.05, 0) is 67.5 Å². The molecular formula is C20H27ClN2O2. The van der Waals surface area contributed by atoms with Gasteiger partial charge < -0.3 is 15.5 Å². The smallest absolute Gasteiger partial charge is 0.255 e. The molecule has 136 valence electrons. The molecule has 0 amide bonds. The van der Waals surface area contributed by atoms with Crippen molar-refractivity contribution in [3.8, 4) is 5.75 Å². The van der Waals surface area contributed by atoms with Crippen molar-refractivity contribution >= 4 is 22.4 Å². The molecule has 1 fully saturated rings. The van der Waals surface area contributed by atoms with Gasteiger partial charge in [0.25, 0.3) is 5.56 Å². The normalized spacial score (nSPS) is 25.0. The van der Waals surface area contributed by atoms with E-state index in [2.05, 4.69) is 18.8 Å². The zero-order chi connectivity index (χ0) is 18.0. The molecule has 2 aromatic rings. The third-order valence-corrected chi connectivity index (χ3v) is 6.27. The second-order valence-electron chi connectivity index (χ2n) is 7.22. The Morgan fingerprint density at radius 2 is 2.08 bits per heavy atom. The van der Waals surface area contributed by atoms with E-state index in [0.717, 1.165) is 43.9 Å².